The van der Waals surface area contributed by atoms with Crippen LogP contribution in [0.2, 0.25) is 0 Å². The minimum atomic E-state index is -5.13. The van der Waals surface area contributed by atoms with Crippen LogP contribution >= 0.6 is 7.82 Å². The first kappa shape index (κ1) is 58.8. The van der Waals surface area contributed by atoms with Gasteiger partial charge in [0.2, 0.25) is 0 Å². The molecular formula is C49H87O13P. The first-order chi connectivity index (χ1) is 30.4. The predicted octanol–water partition coefficient (Wildman–Crippen LogP) is 9.95. The van der Waals surface area contributed by atoms with Crippen molar-refractivity contribution in [1.29, 1.82) is 0 Å². The van der Waals surface area contributed by atoms with Gasteiger partial charge >= 0.3 is 19.8 Å². The van der Waals surface area contributed by atoms with E-state index in [0.29, 0.717) is 12.8 Å². The highest BCUT2D eigenvalue weighted by molar-refractivity contribution is 7.47. The summed E-state index contributed by atoms with van der Waals surface area (Å²) in [6.45, 7) is 3.18. The average molecular weight is 915 g/mol. The van der Waals surface area contributed by atoms with Crippen LogP contribution in [-0.2, 0) is 32.7 Å². The lowest BCUT2D eigenvalue weighted by molar-refractivity contribution is -0.220. The Bertz CT molecular complexity index is 1290. The number of esters is 2. The van der Waals surface area contributed by atoms with Crippen molar-refractivity contribution >= 4 is 19.8 Å². The van der Waals surface area contributed by atoms with Crippen molar-refractivity contribution in [2.24, 2.45) is 0 Å². The molecule has 0 radical (unpaired) electrons. The lowest BCUT2D eigenvalue weighted by Gasteiger charge is -2.41. The topological polar surface area (TPSA) is 210 Å². The molecule has 366 valence electrons. The van der Waals surface area contributed by atoms with E-state index < -0.39 is 75.7 Å². The first-order valence-electron chi connectivity index (χ1n) is 24.4. The van der Waals surface area contributed by atoms with E-state index in [1.54, 1.807) is 0 Å². The molecule has 0 aliphatic heterocycles. The van der Waals surface area contributed by atoms with E-state index in [1.165, 1.54) is 83.5 Å². The number of aliphatic hydroxyl groups excluding tert-OH is 5. The summed E-state index contributed by atoms with van der Waals surface area (Å²) in [7, 11) is -5.13. The van der Waals surface area contributed by atoms with E-state index in [2.05, 4.69) is 62.5 Å². The van der Waals surface area contributed by atoms with Crippen molar-refractivity contribution < 1.29 is 63.1 Å². The molecule has 0 aromatic carbocycles. The molecule has 1 saturated carbocycles. The number of ether oxygens (including phenoxy) is 2. The average Bonchev–Trinajstić information content (AvgIpc) is 3.26. The van der Waals surface area contributed by atoms with E-state index in [9.17, 15) is 44.6 Å². The van der Waals surface area contributed by atoms with Crippen LogP contribution in [0.25, 0.3) is 0 Å². The van der Waals surface area contributed by atoms with Crippen molar-refractivity contribution in [3.63, 3.8) is 0 Å². The molecule has 13 nitrogen and oxygen atoms in total. The van der Waals surface area contributed by atoms with E-state index in [4.69, 9.17) is 18.5 Å². The number of phosphoric ester groups is 1. The maximum atomic E-state index is 12.8. The van der Waals surface area contributed by atoms with Crippen LogP contribution in [0.15, 0.2) is 48.6 Å². The maximum absolute atomic E-state index is 12.8. The van der Waals surface area contributed by atoms with Gasteiger partial charge in [0.05, 0.1) is 6.61 Å². The minimum absolute atomic E-state index is 0.0690. The number of phosphoric acid groups is 1. The third kappa shape index (κ3) is 31.4. The van der Waals surface area contributed by atoms with Gasteiger partial charge in [-0.1, -0.05) is 178 Å². The zero-order valence-corrected chi connectivity index (χ0v) is 39.8. The molecule has 63 heavy (non-hydrogen) atoms. The van der Waals surface area contributed by atoms with Gasteiger partial charge in [-0.15, -0.1) is 0 Å². The molecule has 14 heteroatoms. The smallest absolute Gasteiger partial charge is 0.462 e. The Morgan fingerprint density at radius 1 is 0.508 bits per heavy atom. The molecule has 0 bridgehead atoms. The van der Waals surface area contributed by atoms with Gasteiger partial charge in [0.15, 0.2) is 6.10 Å². The maximum Gasteiger partial charge on any atom is 0.472 e. The van der Waals surface area contributed by atoms with Gasteiger partial charge in [-0.2, -0.15) is 0 Å². The largest absolute Gasteiger partial charge is 0.472 e. The third-order valence-electron chi connectivity index (χ3n) is 11.2. The normalized spacial score (nSPS) is 22.1. The Hall–Kier alpha value is -2.19. The van der Waals surface area contributed by atoms with Crippen LogP contribution in [0.4, 0.5) is 0 Å². The quantitative estimate of drug-likeness (QED) is 0.0147. The molecule has 0 aromatic heterocycles. The molecule has 1 aliphatic rings. The number of carbonyl (C=O) groups is 2. The summed E-state index contributed by atoms with van der Waals surface area (Å²) < 4.78 is 33.6. The monoisotopic (exact) mass is 915 g/mol. The van der Waals surface area contributed by atoms with Crippen molar-refractivity contribution in [1.82, 2.24) is 0 Å². The Morgan fingerprint density at radius 2 is 0.905 bits per heavy atom. The highest BCUT2D eigenvalue weighted by atomic mass is 31.2. The zero-order chi connectivity index (χ0) is 46.4. The Kier molecular flexibility index (Phi) is 36.4. The van der Waals surface area contributed by atoms with Gasteiger partial charge in [-0.3, -0.25) is 18.6 Å². The van der Waals surface area contributed by atoms with Crippen LogP contribution in [0.5, 0.6) is 0 Å². The second-order valence-corrected chi connectivity index (χ2v) is 18.3. The molecule has 0 amide bonds. The van der Waals surface area contributed by atoms with Crippen molar-refractivity contribution in [3.8, 4) is 0 Å². The Morgan fingerprint density at radius 3 is 1.38 bits per heavy atom. The Balaban J connectivity index is 2.44. The molecule has 0 heterocycles. The van der Waals surface area contributed by atoms with Crippen LogP contribution in [-0.4, -0.2) is 98.3 Å². The van der Waals surface area contributed by atoms with Gasteiger partial charge in [-0.25, -0.2) is 4.57 Å². The number of rotatable bonds is 40. The van der Waals surface area contributed by atoms with Gasteiger partial charge in [-0.05, 0) is 51.4 Å². The number of carbonyl (C=O) groups excluding carboxylic acids is 2. The number of aliphatic hydroxyl groups is 5. The van der Waals surface area contributed by atoms with Crippen molar-refractivity contribution in [2.45, 2.75) is 236 Å². The fourth-order valence-electron chi connectivity index (χ4n) is 7.28. The summed E-state index contributed by atoms with van der Waals surface area (Å²) in [5, 5.41) is 50.2. The van der Waals surface area contributed by atoms with E-state index in [1.807, 2.05) is 0 Å². The molecule has 0 spiro atoms. The van der Waals surface area contributed by atoms with Gasteiger partial charge in [0.1, 0.15) is 43.2 Å². The minimum Gasteiger partial charge on any atom is -0.462 e. The molecule has 8 atom stereocenters. The van der Waals surface area contributed by atoms with Crippen molar-refractivity contribution in [3.05, 3.63) is 48.6 Å². The molecular weight excluding hydrogens is 828 g/mol. The van der Waals surface area contributed by atoms with E-state index in [0.717, 1.165) is 70.6 Å². The number of allylic oxidation sites excluding steroid dienone is 8. The van der Waals surface area contributed by atoms with E-state index in [-0.39, 0.29) is 12.8 Å². The molecule has 0 aromatic rings. The highest BCUT2D eigenvalue weighted by Crippen LogP contribution is 2.47. The molecule has 6 unspecified atom stereocenters. The zero-order valence-electron chi connectivity index (χ0n) is 38.9. The molecule has 1 aliphatic carbocycles. The summed E-state index contributed by atoms with van der Waals surface area (Å²) in [6.07, 6.45) is 33.0. The van der Waals surface area contributed by atoms with Crippen LogP contribution in [0, 0.1) is 0 Å². The fraction of sp³-hybridized carbons (Fsp3) is 0.796. The summed E-state index contributed by atoms with van der Waals surface area (Å²) in [6, 6.07) is 0. The predicted molar refractivity (Wildman–Crippen MR) is 249 cm³/mol. The van der Waals surface area contributed by atoms with Crippen LogP contribution < -0.4 is 0 Å². The van der Waals surface area contributed by atoms with Gasteiger partial charge < -0.3 is 39.9 Å². The number of hydrogen-bond donors (Lipinski definition) is 6. The molecule has 1 rings (SSSR count). The van der Waals surface area contributed by atoms with Gasteiger partial charge in [0, 0.05) is 12.8 Å². The second-order valence-electron chi connectivity index (χ2n) is 16.9. The SMILES string of the molecule is CC/C=C\C/C=C\C/C=C\C/C=C\CCCCCCC(=O)O[C@H](COC(=O)CCCCCCCCCCCCCCCCCCC)COP(=O)(O)OC1C(O)C(O)C(O)[C@@H](O)C1O. The summed E-state index contributed by atoms with van der Waals surface area (Å²) in [5.74, 6) is -1.12. The lowest BCUT2D eigenvalue weighted by Crippen LogP contribution is -2.64. The molecule has 6 N–H and O–H groups in total. The Labute approximate surface area is 380 Å². The van der Waals surface area contributed by atoms with E-state index >= 15 is 0 Å². The number of unbranched alkanes of at least 4 members (excludes halogenated alkanes) is 20. The summed E-state index contributed by atoms with van der Waals surface area (Å²) >= 11 is 0. The summed E-state index contributed by atoms with van der Waals surface area (Å²) in [5.41, 5.74) is 0. The van der Waals surface area contributed by atoms with Crippen LogP contribution in [0.3, 0.4) is 0 Å². The van der Waals surface area contributed by atoms with Gasteiger partial charge in [0.25, 0.3) is 0 Å². The lowest BCUT2D eigenvalue weighted by atomic mass is 9.85. The first-order valence-corrected chi connectivity index (χ1v) is 25.9. The molecule has 0 saturated heterocycles. The fourth-order valence-corrected chi connectivity index (χ4v) is 8.25. The summed E-state index contributed by atoms with van der Waals surface area (Å²) in [4.78, 5) is 35.8. The third-order valence-corrected chi connectivity index (χ3v) is 12.2. The van der Waals surface area contributed by atoms with Crippen LogP contribution in [0.1, 0.15) is 194 Å². The number of hydrogen-bond acceptors (Lipinski definition) is 12. The van der Waals surface area contributed by atoms with Crippen molar-refractivity contribution in [2.75, 3.05) is 13.2 Å². The second kappa shape index (κ2) is 39.0. The highest BCUT2D eigenvalue weighted by Gasteiger charge is 2.51. The standard InChI is InChI=1S/C49H87O13P/c1-3-5-7-9-11-13-15-17-19-21-23-25-27-29-31-33-35-37-42(50)59-39-41(40-60-63(57,58)62-49-47(55)45(53)44(52)46(54)48(49)56)61-43(51)38-36-34-32-30-28-26-24-22-20-18-16-14-12-10-8-6-4-2/h6,8,12,14,18,20,24,26,41,44-49,52-56H,3-5,7,9-11,13,15-17,19,21-23,25,27-40H2,1-2H3,(H,57,58)/b8-6-,14-12-,20-18-,26-24-/t41-,44?,45-,46?,47?,48?,49?/m1/s1. The molecule has 1 fully saturated rings.